The van der Waals surface area contributed by atoms with Crippen LogP contribution in [0.4, 0.5) is 13.2 Å². The van der Waals surface area contributed by atoms with Crippen molar-refractivity contribution in [3.8, 4) is 0 Å². The molecule has 6 heteroatoms. The number of rotatable bonds is 3. The summed E-state index contributed by atoms with van der Waals surface area (Å²) in [6.45, 7) is 3.69. The second kappa shape index (κ2) is 4.68. The fraction of sp³-hybridized carbons (Fsp3) is 0.455. The van der Waals surface area contributed by atoms with Crippen molar-refractivity contribution in [1.29, 1.82) is 0 Å². The topological polar surface area (TPSA) is 34.1 Å². The Kier molecular flexibility index (Phi) is 3.86. The van der Waals surface area contributed by atoms with Gasteiger partial charge in [-0.05, 0) is 23.6 Å². The van der Waals surface area contributed by atoms with Gasteiger partial charge in [-0.3, -0.25) is 0 Å². The second-order valence-corrected chi connectivity index (χ2v) is 6.09. The number of sulfone groups is 1. The second-order valence-electron chi connectivity index (χ2n) is 4.10. The molecule has 0 aliphatic rings. The largest absolute Gasteiger partial charge is 0.403 e. The van der Waals surface area contributed by atoms with Crippen molar-refractivity contribution >= 4 is 9.84 Å². The Bertz CT molecular complexity index is 490. The molecule has 0 N–H and O–H groups in total. The van der Waals surface area contributed by atoms with Crippen LogP contribution >= 0.6 is 0 Å². The first-order valence-electron chi connectivity index (χ1n) is 5.01. The molecule has 0 bridgehead atoms. The maximum Gasteiger partial charge on any atom is 0.403 e. The normalized spacial score (nSPS) is 13.1. The molecule has 0 unspecified atom stereocenters. The molecule has 0 atom stereocenters. The minimum Gasteiger partial charge on any atom is -0.223 e. The van der Waals surface area contributed by atoms with Gasteiger partial charge in [-0.15, -0.1) is 0 Å². The summed E-state index contributed by atoms with van der Waals surface area (Å²) in [6.07, 6.45) is -4.72. The van der Waals surface area contributed by atoms with Crippen LogP contribution in [0.25, 0.3) is 0 Å². The summed E-state index contributed by atoms with van der Waals surface area (Å²) in [7, 11) is -4.30. The molecule has 1 rings (SSSR count). The number of halogens is 3. The first-order chi connectivity index (χ1) is 7.62. The summed E-state index contributed by atoms with van der Waals surface area (Å²) in [5.41, 5.74) is 0.702. The molecule has 0 spiro atoms. The number of alkyl halides is 3. The lowest BCUT2D eigenvalue weighted by molar-refractivity contribution is -0.106. The van der Waals surface area contributed by atoms with Crippen molar-refractivity contribution in [2.75, 3.05) is 5.75 Å². The zero-order valence-electron chi connectivity index (χ0n) is 9.45. The van der Waals surface area contributed by atoms with Crippen LogP contribution in [-0.4, -0.2) is 20.3 Å². The fourth-order valence-corrected chi connectivity index (χ4v) is 2.57. The third-order valence-electron chi connectivity index (χ3n) is 2.24. The quantitative estimate of drug-likeness (QED) is 0.842. The standard InChI is InChI=1S/C11H13F3O2S/c1-8(2)9-4-3-5-10(6-9)17(15,16)7-11(12,13)14/h3-6,8H,7H2,1-2H3. The van der Waals surface area contributed by atoms with Crippen molar-refractivity contribution in [2.45, 2.75) is 30.8 Å². The third-order valence-corrected chi connectivity index (χ3v) is 3.92. The van der Waals surface area contributed by atoms with Crippen molar-refractivity contribution in [3.05, 3.63) is 29.8 Å². The highest BCUT2D eigenvalue weighted by Gasteiger charge is 2.35. The molecule has 0 saturated carbocycles. The average molecular weight is 266 g/mol. The van der Waals surface area contributed by atoms with Crippen LogP contribution < -0.4 is 0 Å². The monoisotopic (exact) mass is 266 g/mol. The van der Waals surface area contributed by atoms with E-state index < -0.39 is 21.8 Å². The van der Waals surface area contributed by atoms with Crippen molar-refractivity contribution in [1.82, 2.24) is 0 Å². The van der Waals surface area contributed by atoms with Crippen LogP contribution in [-0.2, 0) is 9.84 Å². The van der Waals surface area contributed by atoms with E-state index in [2.05, 4.69) is 0 Å². The molecule has 0 amide bonds. The summed E-state index contributed by atoms with van der Waals surface area (Å²) in [4.78, 5) is -0.277. The summed E-state index contributed by atoms with van der Waals surface area (Å²) >= 11 is 0. The molecule has 0 heterocycles. The van der Waals surface area contributed by atoms with Crippen LogP contribution in [0.5, 0.6) is 0 Å². The van der Waals surface area contributed by atoms with Gasteiger partial charge in [-0.1, -0.05) is 26.0 Å². The predicted molar refractivity (Wildman–Crippen MR) is 58.6 cm³/mol. The fourth-order valence-electron chi connectivity index (χ4n) is 1.37. The van der Waals surface area contributed by atoms with Crippen molar-refractivity contribution < 1.29 is 21.6 Å². The maximum absolute atomic E-state index is 12.1. The molecule has 17 heavy (non-hydrogen) atoms. The Labute approximate surface area is 98.4 Å². The van der Waals surface area contributed by atoms with Gasteiger partial charge in [-0.2, -0.15) is 13.2 Å². The lowest BCUT2D eigenvalue weighted by Crippen LogP contribution is -2.23. The molecule has 0 aliphatic carbocycles. The molecule has 2 nitrogen and oxygen atoms in total. The molecule has 0 saturated heterocycles. The Balaban J connectivity index is 3.12. The summed E-state index contributed by atoms with van der Waals surface area (Å²) < 4.78 is 59.4. The zero-order valence-corrected chi connectivity index (χ0v) is 10.3. The van der Waals surface area contributed by atoms with Gasteiger partial charge in [0.15, 0.2) is 15.6 Å². The maximum atomic E-state index is 12.1. The van der Waals surface area contributed by atoms with Gasteiger partial charge in [0.1, 0.15) is 0 Å². The summed E-state index contributed by atoms with van der Waals surface area (Å²) in [6, 6.07) is 5.63. The lowest BCUT2D eigenvalue weighted by atomic mass is 10.0. The molecule has 1 aromatic rings. The van der Waals surface area contributed by atoms with E-state index in [0.717, 1.165) is 0 Å². The van der Waals surface area contributed by atoms with Gasteiger partial charge in [0.25, 0.3) is 0 Å². The summed E-state index contributed by atoms with van der Waals surface area (Å²) in [5, 5.41) is 0. The molecule has 0 aliphatic heterocycles. The first kappa shape index (κ1) is 14.0. The molecular weight excluding hydrogens is 253 g/mol. The highest BCUT2D eigenvalue weighted by molar-refractivity contribution is 7.91. The Morgan fingerprint density at radius 1 is 1.24 bits per heavy atom. The van der Waals surface area contributed by atoms with Crippen LogP contribution in [0.3, 0.4) is 0 Å². The lowest BCUT2D eigenvalue weighted by Gasteiger charge is -2.10. The van der Waals surface area contributed by atoms with E-state index in [1.807, 2.05) is 13.8 Å². The van der Waals surface area contributed by atoms with E-state index in [9.17, 15) is 21.6 Å². The average Bonchev–Trinajstić information content (AvgIpc) is 2.14. The minimum absolute atomic E-state index is 0.0658. The highest BCUT2D eigenvalue weighted by Crippen LogP contribution is 2.24. The number of hydrogen-bond donors (Lipinski definition) is 0. The van der Waals surface area contributed by atoms with Gasteiger partial charge >= 0.3 is 6.18 Å². The van der Waals surface area contributed by atoms with Crippen LogP contribution in [0.1, 0.15) is 25.3 Å². The Morgan fingerprint density at radius 3 is 2.29 bits per heavy atom. The van der Waals surface area contributed by atoms with Gasteiger partial charge in [0.2, 0.25) is 0 Å². The van der Waals surface area contributed by atoms with E-state index in [0.29, 0.717) is 5.56 Å². The van der Waals surface area contributed by atoms with Crippen LogP contribution in [0.2, 0.25) is 0 Å². The van der Waals surface area contributed by atoms with E-state index in [4.69, 9.17) is 0 Å². The number of hydrogen-bond acceptors (Lipinski definition) is 2. The SMILES string of the molecule is CC(C)c1cccc(S(=O)(=O)CC(F)(F)F)c1. The van der Waals surface area contributed by atoms with Crippen molar-refractivity contribution in [3.63, 3.8) is 0 Å². The molecular formula is C11H13F3O2S. The molecule has 0 radical (unpaired) electrons. The third kappa shape index (κ3) is 4.03. The minimum atomic E-state index is -4.72. The van der Waals surface area contributed by atoms with Gasteiger partial charge < -0.3 is 0 Å². The molecule has 1 aromatic carbocycles. The first-order valence-corrected chi connectivity index (χ1v) is 6.66. The Hall–Kier alpha value is -1.04. The highest BCUT2D eigenvalue weighted by atomic mass is 32.2. The van der Waals surface area contributed by atoms with Gasteiger partial charge in [-0.25, -0.2) is 8.42 Å². The van der Waals surface area contributed by atoms with Crippen molar-refractivity contribution in [2.24, 2.45) is 0 Å². The van der Waals surface area contributed by atoms with E-state index in [-0.39, 0.29) is 10.8 Å². The van der Waals surface area contributed by atoms with Crippen LogP contribution in [0, 0.1) is 0 Å². The molecule has 96 valence electrons. The van der Waals surface area contributed by atoms with E-state index in [1.54, 1.807) is 6.07 Å². The van der Waals surface area contributed by atoms with Crippen LogP contribution in [0.15, 0.2) is 29.2 Å². The summed E-state index contributed by atoms with van der Waals surface area (Å²) in [5.74, 6) is -1.75. The zero-order chi connectivity index (χ0) is 13.3. The number of benzene rings is 1. The van der Waals surface area contributed by atoms with E-state index in [1.165, 1.54) is 18.2 Å². The van der Waals surface area contributed by atoms with Gasteiger partial charge in [0, 0.05) is 0 Å². The van der Waals surface area contributed by atoms with E-state index >= 15 is 0 Å². The molecule has 0 fully saturated rings. The predicted octanol–water partition coefficient (Wildman–Crippen LogP) is 3.15. The van der Waals surface area contributed by atoms with Gasteiger partial charge in [0.05, 0.1) is 4.90 Å². The Morgan fingerprint density at radius 2 is 1.82 bits per heavy atom. The smallest absolute Gasteiger partial charge is 0.223 e. The molecule has 0 aromatic heterocycles.